The number of hydrogen-bond donors (Lipinski definition) is 3. The summed E-state index contributed by atoms with van der Waals surface area (Å²) in [6, 6.07) is 0.628. The number of hydrazine groups is 1. The smallest absolute Gasteiger partial charge is 0.206 e. The van der Waals surface area contributed by atoms with Crippen LogP contribution in [0.25, 0.3) is 0 Å². The lowest BCUT2D eigenvalue weighted by Crippen LogP contribution is -2.45. The number of hydrogen-bond acceptors (Lipinski definition) is 3. The average molecular weight is 204 g/mol. The van der Waals surface area contributed by atoms with Crippen LogP contribution in [0.15, 0.2) is 4.99 Å². The third kappa shape index (κ3) is 6.72. The minimum absolute atomic E-state index is 0.285. The third-order valence-electron chi connectivity index (χ3n) is 1.32. The topological polar surface area (TPSA) is 62.4 Å². The highest BCUT2D eigenvalue weighted by atomic mass is 32.2. The number of guanidine groups is 1. The highest BCUT2D eigenvalue weighted by Gasteiger charge is 2.02. The summed E-state index contributed by atoms with van der Waals surface area (Å²) < 4.78 is 0. The Hall–Kier alpha value is -0.420. The Morgan fingerprint density at radius 2 is 2.08 bits per heavy atom. The van der Waals surface area contributed by atoms with Crippen LogP contribution in [0.3, 0.4) is 0 Å². The van der Waals surface area contributed by atoms with E-state index in [2.05, 4.69) is 28.9 Å². The molecule has 0 saturated carbocycles. The van der Waals surface area contributed by atoms with Crippen molar-refractivity contribution in [2.45, 2.75) is 32.9 Å². The number of nitrogens with zero attached hydrogens (tertiary/aromatic N) is 1. The van der Waals surface area contributed by atoms with Crippen LogP contribution in [0.2, 0.25) is 0 Å². The van der Waals surface area contributed by atoms with Gasteiger partial charge in [-0.25, -0.2) is 10.8 Å². The molecule has 0 radical (unpaired) electrons. The first kappa shape index (κ1) is 12.6. The van der Waals surface area contributed by atoms with Crippen molar-refractivity contribution in [3.05, 3.63) is 0 Å². The zero-order valence-corrected chi connectivity index (χ0v) is 9.61. The maximum atomic E-state index is 5.32. The standard InChI is InChI=1S/C8H20N4S/c1-6(2)10-8(12-9)11-7(3)5-13-4/h6-7H,5,9H2,1-4H3,(H2,10,11,12). The zero-order valence-electron chi connectivity index (χ0n) is 8.79. The largest absolute Gasteiger partial charge is 0.353 e. The van der Waals surface area contributed by atoms with Gasteiger partial charge in [-0.1, -0.05) is 0 Å². The predicted molar refractivity (Wildman–Crippen MR) is 60.9 cm³/mol. The van der Waals surface area contributed by atoms with Gasteiger partial charge in [0.1, 0.15) is 0 Å². The van der Waals surface area contributed by atoms with Crippen molar-refractivity contribution >= 4 is 17.7 Å². The molecule has 0 aromatic carbocycles. The van der Waals surface area contributed by atoms with E-state index in [1.807, 2.05) is 13.8 Å². The van der Waals surface area contributed by atoms with Gasteiger partial charge in [0.25, 0.3) is 0 Å². The molecular weight excluding hydrogens is 184 g/mol. The maximum absolute atomic E-state index is 5.32. The van der Waals surface area contributed by atoms with E-state index in [0.29, 0.717) is 12.0 Å². The van der Waals surface area contributed by atoms with Gasteiger partial charge < -0.3 is 5.32 Å². The summed E-state index contributed by atoms with van der Waals surface area (Å²) in [5.41, 5.74) is 2.55. The van der Waals surface area contributed by atoms with Crippen LogP contribution in [0, 0.1) is 0 Å². The van der Waals surface area contributed by atoms with Gasteiger partial charge in [0.2, 0.25) is 5.96 Å². The number of nitrogens with two attached hydrogens (primary N) is 1. The number of rotatable bonds is 4. The van der Waals surface area contributed by atoms with Gasteiger partial charge in [0, 0.05) is 11.8 Å². The maximum Gasteiger partial charge on any atom is 0.206 e. The highest BCUT2D eigenvalue weighted by molar-refractivity contribution is 7.98. The van der Waals surface area contributed by atoms with Crippen molar-refractivity contribution in [1.82, 2.24) is 10.7 Å². The van der Waals surface area contributed by atoms with Crippen LogP contribution in [0.5, 0.6) is 0 Å². The summed E-state index contributed by atoms with van der Waals surface area (Å²) >= 11 is 1.78. The molecule has 0 aliphatic carbocycles. The first-order valence-corrected chi connectivity index (χ1v) is 5.79. The Labute approximate surface area is 84.7 Å². The molecule has 4 nitrogen and oxygen atoms in total. The van der Waals surface area contributed by atoms with Gasteiger partial charge in [-0.15, -0.1) is 0 Å². The summed E-state index contributed by atoms with van der Waals surface area (Å²) in [6.45, 7) is 6.16. The fourth-order valence-corrected chi connectivity index (χ4v) is 1.45. The summed E-state index contributed by atoms with van der Waals surface area (Å²) in [6.07, 6.45) is 2.07. The first-order chi connectivity index (χ1) is 6.10. The number of nitrogens with one attached hydrogen (secondary N) is 2. The Kier molecular flexibility index (Phi) is 6.80. The van der Waals surface area contributed by atoms with Crippen molar-refractivity contribution in [3.63, 3.8) is 0 Å². The fraction of sp³-hybridized carbons (Fsp3) is 0.875. The Balaban J connectivity index is 4.03. The van der Waals surface area contributed by atoms with Gasteiger partial charge >= 0.3 is 0 Å². The second kappa shape index (κ2) is 7.03. The lowest BCUT2D eigenvalue weighted by molar-refractivity contribution is 0.692. The van der Waals surface area contributed by atoms with E-state index in [9.17, 15) is 0 Å². The molecule has 0 saturated heterocycles. The molecule has 0 bridgehead atoms. The molecule has 4 N–H and O–H groups in total. The van der Waals surface area contributed by atoms with Gasteiger partial charge in [-0.3, -0.25) is 5.43 Å². The van der Waals surface area contributed by atoms with E-state index >= 15 is 0 Å². The van der Waals surface area contributed by atoms with E-state index in [-0.39, 0.29) is 6.04 Å². The minimum Gasteiger partial charge on any atom is -0.353 e. The molecular formula is C8H20N4S. The van der Waals surface area contributed by atoms with Crippen molar-refractivity contribution in [3.8, 4) is 0 Å². The van der Waals surface area contributed by atoms with E-state index in [4.69, 9.17) is 5.84 Å². The van der Waals surface area contributed by atoms with Crippen LogP contribution >= 0.6 is 11.8 Å². The number of thioether (sulfide) groups is 1. The van der Waals surface area contributed by atoms with Crippen molar-refractivity contribution in [2.24, 2.45) is 10.8 Å². The van der Waals surface area contributed by atoms with Crippen molar-refractivity contribution in [2.75, 3.05) is 12.0 Å². The molecule has 0 aromatic heterocycles. The summed E-state index contributed by atoms with van der Waals surface area (Å²) in [5, 5.41) is 3.12. The molecule has 0 spiro atoms. The van der Waals surface area contributed by atoms with Crippen molar-refractivity contribution < 1.29 is 0 Å². The molecule has 1 unspecified atom stereocenters. The fourth-order valence-electron chi connectivity index (χ4n) is 0.888. The van der Waals surface area contributed by atoms with Crippen LogP contribution in [-0.4, -0.2) is 30.1 Å². The molecule has 0 aliphatic rings. The van der Waals surface area contributed by atoms with E-state index in [1.165, 1.54) is 0 Å². The first-order valence-electron chi connectivity index (χ1n) is 4.40. The SMILES string of the molecule is CSCC(C)N=C(NN)NC(C)C. The quantitative estimate of drug-likeness (QED) is 0.271. The van der Waals surface area contributed by atoms with Gasteiger partial charge in [0.05, 0.1) is 6.04 Å². The van der Waals surface area contributed by atoms with Crippen molar-refractivity contribution in [1.29, 1.82) is 0 Å². The van der Waals surface area contributed by atoms with Crippen LogP contribution in [0.1, 0.15) is 20.8 Å². The second-order valence-corrected chi connectivity index (χ2v) is 4.14. The zero-order chi connectivity index (χ0) is 10.3. The highest BCUT2D eigenvalue weighted by Crippen LogP contribution is 1.99. The lowest BCUT2D eigenvalue weighted by Gasteiger charge is -2.14. The molecule has 0 aliphatic heterocycles. The molecule has 0 rings (SSSR count). The molecule has 0 heterocycles. The Bertz CT molecular complexity index is 158. The van der Waals surface area contributed by atoms with E-state index < -0.39 is 0 Å². The Morgan fingerprint density at radius 3 is 2.46 bits per heavy atom. The molecule has 78 valence electrons. The molecule has 1 atom stereocenters. The second-order valence-electron chi connectivity index (χ2n) is 3.23. The van der Waals surface area contributed by atoms with Crippen LogP contribution in [-0.2, 0) is 0 Å². The van der Waals surface area contributed by atoms with E-state index in [1.54, 1.807) is 11.8 Å². The third-order valence-corrected chi connectivity index (χ3v) is 2.14. The van der Waals surface area contributed by atoms with Crippen LogP contribution in [0.4, 0.5) is 0 Å². The molecule has 0 aromatic rings. The van der Waals surface area contributed by atoms with Gasteiger partial charge in [-0.2, -0.15) is 11.8 Å². The lowest BCUT2D eigenvalue weighted by atomic mass is 10.4. The molecule has 13 heavy (non-hydrogen) atoms. The predicted octanol–water partition coefficient (Wildman–Crippen LogP) is 0.555. The molecule has 0 amide bonds. The Morgan fingerprint density at radius 1 is 1.46 bits per heavy atom. The minimum atomic E-state index is 0.285. The normalized spacial score (nSPS) is 14.5. The molecule has 0 fully saturated rings. The summed E-state index contributed by atoms with van der Waals surface area (Å²) in [4.78, 5) is 4.37. The number of aliphatic imine (C=N–C) groups is 1. The van der Waals surface area contributed by atoms with E-state index in [0.717, 1.165) is 5.75 Å². The molecule has 5 heteroatoms. The van der Waals surface area contributed by atoms with Crippen LogP contribution < -0.4 is 16.6 Å². The average Bonchev–Trinajstić information content (AvgIpc) is 2.02. The summed E-state index contributed by atoms with van der Waals surface area (Å²) in [7, 11) is 0. The summed E-state index contributed by atoms with van der Waals surface area (Å²) in [5.74, 6) is 6.98. The monoisotopic (exact) mass is 204 g/mol. The van der Waals surface area contributed by atoms with Gasteiger partial charge in [0.15, 0.2) is 0 Å². The van der Waals surface area contributed by atoms with Gasteiger partial charge in [-0.05, 0) is 27.0 Å².